The Kier molecular flexibility index (Phi) is 17.3. The van der Waals surface area contributed by atoms with Crippen LogP contribution < -0.4 is 29.6 Å². The van der Waals surface area contributed by atoms with Gasteiger partial charge >= 0.3 is 29.6 Å². The van der Waals surface area contributed by atoms with Crippen LogP contribution in [0.2, 0.25) is 0 Å². The molecule has 0 aromatic heterocycles. The maximum Gasteiger partial charge on any atom is 1.00 e. The van der Waals surface area contributed by atoms with E-state index in [4.69, 9.17) is 6.58 Å². The van der Waals surface area contributed by atoms with Gasteiger partial charge in [0.15, 0.2) is 0 Å². The third-order valence-corrected chi connectivity index (χ3v) is 1.72. The molecule has 0 fully saturated rings. The average molecular weight is 162 g/mol. The van der Waals surface area contributed by atoms with Crippen LogP contribution in [0.15, 0.2) is 6.08 Å². The number of rotatable bonds is 7. The smallest absolute Gasteiger partial charge is 0.518 e. The normalized spacial score (nSPS) is 8.82. The molecule has 0 N–H and O–H groups in total. The van der Waals surface area contributed by atoms with E-state index in [0.29, 0.717) is 0 Å². The molecule has 0 unspecified atom stereocenters. The van der Waals surface area contributed by atoms with E-state index in [2.05, 4.69) is 6.92 Å². The Labute approximate surface area is 93.7 Å². The van der Waals surface area contributed by atoms with Crippen LogP contribution in [0.3, 0.4) is 0 Å². The van der Waals surface area contributed by atoms with Crippen molar-refractivity contribution < 1.29 is 29.6 Å². The molecular weight excluding hydrogens is 143 g/mol. The summed E-state index contributed by atoms with van der Waals surface area (Å²) in [6.07, 6.45) is 11.0. The summed E-state index contributed by atoms with van der Waals surface area (Å²) in [5.41, 5.74) is 0. The van der Waals surface area contributed by atoms with Gasteiger partial charge in [-0.3, -0.25) is 6.08 Å². The molecule has 0 rings (SSSR count). The first-order valence-electron chi connectivity index (χ1n) is 4.45. The fraction of sp³-hybridized carbons (Fsp3) is 0.800. The van der Waals surface area contributed by atoms with Crippen LogP contribution >= 0.6 is 0 Å². The van der Waals surface area contributed by atoms with Crippen molar-refractivity contribution in [2.75, 3.05) is 0 Å². The van der Waals surface area contributed by atoms with E-state index in [1.54, 1.807) is 6.08 Å². The van der Waals surface area contributed by atoms with Gasteiger partial charge in [-0.15, -0.1) is 0 Å². The first-order valence-corrected chi connectivity index (χ1v) is 4.45. The monoisotopic (exact) mass is 162 g/mol. The van der Waals surface area contributed by atoms with Crippen LogP contribution in [0.4, 0.5) is 0 Å². The summed E-state index contributed by atoms with van der Waals surface area (Å²) in [5, 5.41) is 0. The number of allylic oxidation sites excluding steroid dienone is 1. The molecule has 11 heavy (non-hydrogen) atoms. The summed E-state index contributed by atoms with van der Waals surface area (Å²) in [7, 11) is 0. The van der Waals surface area contributed by atoms with Gasteiger partial charge in [-0.1, -0.05) is 51.9 Å². The largest absolute Gasteiger partial charge is 1.00 e. The maximum atomic E-state index is 5.24. The molecule has 0 amide bonds. The van der Waals surface area contributed by atoms with Crippen molar-refractivity contribution in [2.45, 2.75) is 51.9 Å². The van der Waals surface area contributed by atoms with Crippen LogP contribution in [-0.4, -0.2) is 0 Å². The minimum absolute atomic E-state index is 0. The summed E-state index contributed by atoms with van der Waals surface area (Å²) in [4.78, 5) is 0. The SMILES string of the molecule is [CH-]=CCCCCCCCC.[Na+]. The zero-order valence-corrected chi connectivity index (χ0v) is 10.1. The zero-order valence-electron chi connectivity index (χ0n) is 8.10. The molecule has 0 aromatic rings. The van der Waals surface area contributed by atoms with Crippen LogP contribution in [0, 0.1) is 6.58 Å². The van der Waals surface area contributed by atoms with Gasteiger partial charge in [0, 0.05) is 0 Å². The Balaban J connectivity index is 0. The third-order valence-electron chi connectivity index (χ3n) is 1.72. The van der Waals surface area contributed by atoms with Gasteiger partial charge in [-0.05, 0) is 0 Å². The molecule has 0 aromatic carbocycles. The maximum absolute atomic E-state index is 5.24. The van der Waals surface area contributed by atoms with Gasteiger partial charge in [0.1, 0.15) is 0 Å². The van der Waals surface area contributed by atoms with Crippen molar-refractivity contribution in [1.29, 1.82) is 0 Å². The van der Waals surface area contributed by atoms with Crippen molar-refractivity contribution in [2.24, 2.45) is 0 Å². The van der Waals surface area contributed by atoms with Gasteiger partial charge in [0.25, 0.3) is 0 Å². The Morgan fingerprint density at radius 1 is 1.00 bits per heavy atom. The Morgan fingerprint density at radius 3 is 2.09 bits per heavy atom. The molecule has 0 saturated heterocycles. The second kappa shape index (κ2) is 13.3. The first kappa shape index (κ1) is 14.3. The van der Waals surface area contributed by atoms with E-state index < -0.39 is 0 Å². The summed E-state index contributed by atoms with van der Waals surface area (Å²) < 4.78 is 0. The molecule has 0 atom stereocenters. The Morgan fingerprint density at radius 2 is 1.55 bits per heavy atom. The van der Waals surface area contributed by atoms with Gasteiger partial charge in [-0.2, -0.15) is 0 Å². The summed E-state index contributed by atoms with van der Waals surface area (Å²) in [6, 6.07) is 0. The first-order chi connectivity index (χ1) is 4.91. The number of hydrogen-bond acceptors (Lipinski definition) is 0. The Hall–Kier alpha value is 0.740. The molecule has 1 heteroatoms. The molecule has 0 aliphatic rings. The standard InChI is InChI=1S/C10H19.Na/c1-3-5-7-9-10-8-6-4-2;/h1,3H,4-10H2,2H3;/q-1;+1. The van der Waals surface area contributed by atoms with Crippen LogP contribution in [0.25, 0.3) is 0 Å². The number of unbranched alkanes of at least 4 members (excludes halogenated alkanes) is 6. The second-order valence-corrected chi connectivity index (χ2v) is 2.79. The molecular formula is C10H19Na. The summed E-state index contributed by atoms with van der Waals surface area (Å²) in [6.45, 7) is 7.49. The topological polar surface area (TPSA) is 0 Å². The van der Waals surface area contributed by atoms with Crippen LogP contribution in [-0.2, 0) is 0 Å². The van der Waals surface area contributed by atoms with Gasteiger partial charge < -0.3 is 6.58 Å². The van der Waals surface area contributed by atoms with E-state index in [-0.39, 0.29) is 29.6 Å². The minimum atomic E-state index is 0. The molecule has 0 aliphatic carbocycles. The van der Waals surface area contributed by atoms with Gasteiger partial charge in [0.05, 0.1) is 0 Å². The third kappa shape index (κ3) is 13.7. The predicted molar refractivity (Wildman–Crippen MR) is 46.9 cm³/mol. The second-order valence-electron chi connectivity index (χ2n) is 2.79. The van der Waals surface area contributed by atoms with E-state index >= 15 is 0 Å². The van der Waals surface area contributed by atoms with Crippen molar-refractivity contribution in [3.05, 3.63) is 12.7 Å². The van der Waals surface area contributed by atoms with Gasteiger partial charge in [-0.25, -0.2) is 0 Å². The molecule has 60 valence electrons. The van der Waals surface area contributed by atoms with E-state index in [0.717, 1.165) is 6.42 Å². The van der Waals surface area contributed by atoms with Crippen LogP contribution in [0.1, 0.15) is 51.9 Å². The molecule has 0 spiro atoms. The molecule has 0 radical (unpaired) electrons. The summed E-state index contributed by atoms with van der Waals surface area (Å²) >= 11 is 0. The van der Waals surface area contributed by atoms with E-state index in [1.807, 2.05) is 0 Å². The molecule has 0 bridgehead atoms. The summed E-state index contributed by atoms with van der Waals surface area (Å²) in [5.74, 6) is 0. The average Bonchev–Trinajstić information content (AvgIpc) is 1.97. The fourth-order valence-corrected chi connectivity index (χ4v) is 1.04. The fourth-order valence-electron chi connectivity index (χ4n) is 1.04. The van der Waals surface area contributed by atoms with Crippen LogP contribution in [0.5, 0.6) is 0 Å². The van der Waals surface area contributed by atoms with Crippen molar-refractivity contribution in [3.63, 3.8) is 0 Å². The molecule has 0 saturated carbocycles. The van der Waals surface area contributed by atoms with E-state index in [1.165, 1.54) is 38.5 Å². The van der Waals surface area contributed by atoms with E-state index in [9.17, 15) is 0 Å². The van der Waals surface area contributed by atoms with Crippen molar-refractivity contribution in [1.82, 2.24) is 0 Å². The molecule has 0 nitrogen and oxygen atoms in total. The van der Waals surface area contributed by atoms with Gasteiger partial charge in [0.2, 0.25) is 0 Å². The predicted octanol–water partition coefficient (Wildman–Crippen LogP) is 0.730. The van der Waals surface area contributed by atoms with Crippen molar-refractivity contribution >= 4 is 0 Å². The number of hydrogen-bond donors (Lipinski definition) is 0. The molecule has 0 heterocycles. The molecule has 0 aliphatic heterocycles. The minimum Gasteiger partial charge on any atom is -0.518 e. The van der Waals surface area contributed by atoms with Crippen molar-refractivity contribution in [3.8, 4) is 0 Å². The zero-order chi connectivity index (χ0) is 7.66. The quantitative estimate of drug-likeness (QED) is 0.294. The Bertz CT molecular complexity index is 69.3.